The molecule has 2 aliphatic rings. The maximum atomic E-state index is 12.3. The van der Waals surface area contributed by atoms with Crippen LogP contribution >= 0.6 is 0 Å². The number of rotatable bonds is 0. The first-order valence-electron chi connectivity index (χ1n) is 5.79. The molecule has 15 heavy (non-hydrogen) atoms. The van der Waals surface area contributed by atoms with Crippen molar-refractivity contribution in [3.05, 3.63) is 35.4 Å². The highest BCUT2D eigenvalue weighted by molar-refractivity contribution is 5.98. The summed E-state index contributed by atoms with van der Waals surface area (Å²) in [4.78, 5) is 12.3. The lowest BCUT2D eigenvalue weighted by atomic mass is 9.51. The van der Waals surface area contributed by atoms with Crippen molar-refractivity contribution in [2.24, 2.45) is 11.8 Å². The second-order valence-corrected chi connectivity index (χ2v) is 5.16. The molecule has 1 heteroatoms. The van der Waals surface area contributed by atoms with E-state index in [2.05, 4.69) is 32.0 Å². The van der Waals surface area contributed by atoms with Gasteiger partial charge in [0.15, 0.2) is 0 Å². The van der Waals surface area contributed by atoms with Gasteiger partial charge in [0.2, 0.25) is 0 Å². The highest BCUT2D eigenvalue weighted by Gasteiger charge is 2.59. The van der Waals surface area contributed by atoms with E-state index in [9.17, 15) is 4.79 Å². The molecule has 1 spiro atoms. The molecule has 1 aromatic carbocycles. The average molecular weight is 200 g/mol. The lowest BCUT2D eigenvalue weighted by molar-refractivity contribution is -0.132. The molecule has 3 rings (SSSR count). The van der Waals surface area contributed by atoms with Crippen LogP contribution in [0.25, 0.3) is 0 Å². The molecule has 1 fully saturated rings. The molecule has 0 radical (unpaired) electrons. The number of hydrogen-bond acceptors (Lipinski definition) is 1. The van der Waals surface area contributed by atoms with Gasteiger partial charge in [0.05, 0.1) is 5.41 Å². The summed E-state index contributed by atoms with van der Waals surface area (Å²) in [6, 6.07) is 8.38. The summed E-state index contributed by atoms with van der Waals surface area (Å²) in [5.74, 6) is 1.52. The van der Waals surface area contributed by atoms with Crippen molar-refractivity contribution in [2.45, 2.75) is 32.1 Å². The second kappa shape index (κ2) is 2.72. The number of Topliss-reactive ketones (excluding diaryl/α,β-unsaturated/α-hetero) is 1. The van der Waals surface area contributed by atoms with Crippen molar-refractivity contribution in [2.75, 3.05) is 0 Å². The third kappa shape index (κ3) is 0.871. The quantitative estimate of drug-likeness (QED) is 0.629. The molecule has 0 bridgehead atoms. The van der Waals surface area contributed by atoms with Crippen LogP contribution in [0.1, 0.15) is 31.4 Å². The first-order chi connectivity index (χ1) is 7.17. The molecule has 2 unspecified atom stereocenters. The Morgan fingerprint density at radius 3 is 2.53 bits per heavy atom. The van der Waals surface area contributed by atoms with Crippen LogP contribution in [0.2, 0.25) is 0 Å². The highest BCUT2D eigenvalue weighted by atomic mass is 16.1. The molecule has 0 N–H and O–H groups in total. The molecule has 1 aromatic rings. The van der Waals surface area contributed by atoms with Gasteiger partial charge in [0, 0.05) is 6.42 Å². The maximum absolute atomic E-state index is 12.3. The first-order valence-corrected chi connectivity index (χ1v) is 5.79. The number of hydrogen-bond donors (Lipinski definition) is 0. The highest BCUT2D eigenvalue weighted by Crippen LogP contribution is 2.57. The molecule has 0 aliphatic heterocycles. The maximum Gasteiger partial charge on any atom is 0.148 e. The zero-order valence-electron chi connectivity index (χ0n) is 9.29. The van der Waals surface area contributed by atoms with E-state index in [0.29, 0.717) is 24.0 Å². The molecule has 0 heterocycles. The molecule has 1 saturated carbocycles. The standard InChI is InChI=1S/C14H16O/c1-9-7-10(2)14(9)12-6-4-3-5-11(12)8-13(14)15/h3-6,9-10H,7-8H2,1-2H3. The summed E-state index contributed by atoms with van der Waals surface area (Å²) >= 11 is 0. The van der Waals surface area contributed by atoms with Crippen LogP contribution in [-0.2, 0) is 16.6 Å². The molecule has 0 aromatic heterocycles. The monoisotopic (exact) mass is 200 g/mol. The minimum absolute atomic E-state index is 0.114. The van der Waals surface area contributed by atoms with Crippen molar-refractivity contribution in [1.82, 2.24) is 0 Å². The van der Waals surface area contributed by atoms with Gasteiger partial charge in [0.1, 0.15) is 5.78 Å². The number of fused-ring (bicyclic) bond motifs is 2. The Bertz CT molecular complexity index is 425. The predicted molar refractivity (Wildman–Crippen MR) is 59.8 cm³/mol. The third-order valence-electron chi connectivity index (χ3n) is 4.54. The second-order valence-electron chi connectivity index (χ2n) is 5.16. The summed E-state index contributed by atoms with van der Waals surface area (Å²) in [6.07, 6.45) is 1.85. The van der Waals surface area contributed by atoms with E-state index in [1.54, 1.807) is 0 Å². The smallest absolute Gasteiger partial charge is 0.148 e. The molecule has 2 aliphatic carbocycles. The summed E-state index contributed by atoms with van der Waals surface area (Å²) in [7, 11) is 0. The van der Waals surface area contributed by atoms with E-state index in [0.717, 1.165) is 0 Å². The number of ketones is 1. The van der Waals surface area contributed by atoms with Crippen LogP contribution < -0.4 is 0 Å². The lowest BCUT2D eigenvalue weighted by Gasteiger charge is -2.51. The minimum atomic E-state index is -0.114. The Morgan fingerprint density at radius 2 is 1.87 bits per heavy atom. The number of carbonyl (C=O) groups is 1. The lowest BCUT2D eigenvalue weighted by Crippen LogP contribution is -2.54. The number of benzene rings is 1. The van der Waals surface area contributed by atoms with Gasteiger partial charge < -0.3 is 0 Å². The van der Waals surface area contributed by atoms with Crippen LogP contribution in [0, 0.1) is 11.8 Å². The average Bonchev–Trinajstić information content (AvgIpc) is 2.52. The Labute approximate surface area is 90.5 Å². The Kier molecular flexibility index (Phi) is 1.66. The minimum Gasteiger partial charge on any atom is -0.298 e. The van der Waals surface area contributed by atoms with E-state index in [-0.39, 0.29) is 5.41 Å². The summed E-state index contributed by atoms with van der Waals surface area (Å²) in [6.45, 7) is 4.44. The van der Waals surface area contributed by atoms with Gasteiger partial charge in [-0.2, -0.15) is 0 Å². The van der Waals surface area contributed by atoms with Gasteiger partial charge in [0.25, 0.3) is 0 Å². The fraction of sp³-hybridized carbons (Fsp3) is 0.500. The van der Waals surface area contributed by atoms with Crippen LogP contribution in [0.4, 0.5) is 0 Å². The molecular weight excluding hydrogens is 184 g/mol. The molecule has 2 atom stereocenters. The summed E-state index contributed by atoms with van der Waals surface area (Å²) in [5, 5.41) is 0. The van der Waals surface area contributed by atoms with Gasteiger partial charge >= 0.3 is 0 Å². The Morgan fingerprint density at radius 1 is 1.20 bits per heavy atom. The molecule has 0 amide bonds. The fourth-order valence-electron chi connectivity index (χ4n) is 3.86. The van der Waals surface area contributed by atoms with E-state index >= 15 is 0 Å². The normalized spacial score (nSPS) is 37.9. The van der Waals surface area contributed by atoms with Crippen molar-refractivity contribution in [3.8, 4) is 0 Å². The van der Waals surface area contributed by atoms with Gasteiger partial charge in [-0.1, -0.05) is 38.1 Å². The fourth-order valence-corrected chi connectivity index (χ4v) is 3.86. The SMILES string of the molecule is CC1CC(C)C12C(=O)Cc1ccccc12. The van der Waals surface area contributed by atoms with Gasteiger partial charge in [-0.15, -0.1) is 0 Å². The third-order valence-corrected chi connectivity index (χ3v) is 4.54. The van der Waals surface area contributed by atoms with Crippen LogP contribution in [0.5, 0.6) is 0 Å². The largest absolute Gasteiger partial charge is 0.298 e. The van der Waals surface area contributed by atoms with E-state index < -0.39 is 0 Å². The zero-order valence-corrected chi connectivity index (χ0v) is 9.29. The van der Waals surface area contributed by atoms with E-state index in [1.807, 2.05) is 6.07 Å². The topological polar surface area (TPSA) is 17.1 Å². The zero-order chi connectivity index (χ0) is 10.6. The van der Waals surface area contributed by atoms with Crippen LogP contribution in [-0.4, -0.2) is 5.78 Å². The summed E-state index contributed by atoms with van der Waals surface area (Å²) in [5.41, 5.74) is 2.47. The van der Waals surface area contributed by atoms with Gasteiger partial charge in [-0.05, 0) is 29.4 Å². The first kappa shape index (κ1) is 9.14. The predicted octanol–water partition coefficient (Wildman–Crippen LogP) is 2.73. The Balaban J connectivity index is 2.21. The Hall–Kier alpha value is -1.11. The molecule has 1 nitrogen and oxygen atoms in total. The van der Waals surface area contributed by atoms with E-state index in [1.165, 1.54) is 17.5 Å². The summed E-state index contributed by atoms with van der Waals surface area (Å²) < 4.78 is 0. The molecular formula is C14H16O. The molecule has 78 valence electrons. The van der Waals surface area contributed by atoms with Gasteiger partial charge in [-0.25, -0.2) is 0 Å². The van der Waals surface area contributed by atoms with Crippen LogP contribution in [0.15, 0.2) is 24.3 Å². The van der Waals surface area contributed by atoms with Crippen molar-refractivity contribution >= 4 is 5.78 Å². The van der Waals surface area contributed by atoms with Crippen molar-refractivity contribution in [3.63, 3.8) is 0 Å². The molecule has 0 saturated heterocycles. The number of carbonyl (C=O) groups excluding carboxylic acids is 1. The van der Waals surface area contributed by atoms with E-state index in [4.69, 9.17) is 0 Å². The van der Waals surface area contributed by atoms with Crippen molar-refractivity contribution in [1.29, 1.82) is 0 Å². The van der Waals surface area contributed by atoms with Crippen LogP contribution in [0.3, 0.4) is 0 Å². The van der Waals surface area contributed by atoms with Gasteiger partial charge in [-0.3, -0.25) is 4.79 Å². The van der Waals surface area contributed by atoms with Crippen molar-refractivity contribution < 1.29 is 4.79 Å².